The van der Waals surface area contributed by atoms with Crippen LogP contribution in [0.3, 0.4) is 0 Å². The molecule has 6 heteroatoms. The molecule has 1 aromatic carbocycles. The summed E-state index contributed by atoms with van der Waals surface area (Å²) in [5.41, 5.74) is 0. The number of hydrogen-bond donors (Lipinski definition) is 0. The summed E-state index contributed by atoms with van der Waals surface area (Å²) in [5.74, 6) is 0. The molecule has 68 valence electrons. The summed E-state index contributed by atoms with van der Waals surface area (Å²) in [7, 11) is 0. The maximum atomic E-state index is 5.75. The van der Waals surface area contributed by atoms with Crippen molar-refractivity contribution in [3.63, 3.8) is 0 Å². The minimum atomic E-state index is -3.69. The van der Waals surface area contributed by atoms with Crippen molar-refractivity contribution in [2.75, 3.05) is 0 Å². The molecule has 0 aliphatic heterocycles. The molecule has 0 spiro atoms. The SMILES string of the molecule is Clc1ccc(P(Cl)(Cl)(Cl)Cl)cc1. The number of halogens is 5. The fourth-order valence-corrected chi connectivity index (χ4v) is 2.74. The number of hydrogen-bond acceptors (Lipinski definition) is 0. The molecule has 0 bridgehead atoms. The Kier molecular flexibility index (Phi) is 3.12. The van der Waals surface area contributed by atoms with E-state index in [1.54, 1.807) is 24.3 Å². The molecule has 0 saturated heterocycles. The Morgan fingerprint density at radius 3 is 1.58 bits per heavy atom. The van der Waals surface area contributed by atoms with Gasteiger partial charge in [0.25, 0.3) is 0 Å². The Morgan fingerprint density at radius 2 is 1.25 bits per heavy atom. The van der Waals surface area contributed by atoms with E-state index in [-0.39, 0.29) is 0 Å². The van der Waals surface area contributed by atoms with Gasteiger partial charge in [-0.25, -0.2) is 0 Å². The molecular formula is C6H4Cl5P. The van der Waals surface area contributed by atoms with Gasteiger partial charge in [0.1, 0.15) is 0 Å². The van der Waals surface area contributed by atoms with Crippen LogP contribution in [0.2, 0.25) is 5.02 Å². The molecule has 0 aromatic heterocycles. The van der Waals surface area contributed by atoms with Crippen LogP contribution in [-0.2, 0) is 0 Å². The van der Waals surface area contributed by atoms with Crippen molar-refractivity contribution in [3.8, 4) is 0 Å². The summed E-state index contributed by atoms with van der Waals surface area (Å²) in [6.45, 7) is 0. The molecule has 0 saturated carbocycles. The zero-order chi connectivity index (χ0) is 9.43. The quantitative estimate of drug-likeness (QED) is 0.627. The average Bonchev–Trinajstić information content (AvgIpc) is 1.84. The Morgan fingerprint density at radius 1 is 0.833 bits per heavy atom. The molecule has 0 atom stereocenters. The first-order valence-electron chi connectivity index (χ1n) is 2.91. The van der Waals surface area contributed by atoms with Crippen LogP contribution in [0.15, 0.2) is 24.3 Å². The molecule has 0 amide bonds. The zero-order valence-electron chi connectivity index (χ0n) is 5.65. The van der Waals surface area contributed by atoms with Crippen LogP contribution in [0, 0.1) is 0 Å². The fourth-order valence-electron chi connectivity index (χ4n) is 0.666. The monoisotopic (exact) mass is 282 g/mol. The number of rotatable bonds is 1. The van der Waals surface area contributed by atoms with Gasteiger partial charge < -0.3 is 0 Å². The summed E-state index contributed by atoms with van der Waals surface area (Å²) < 4.78 is -3.69. The van der Waals surface area contributed by atoms with E-state index >= 15 is 0 Å². The van der Waals surface area contributed by atoms with Gasteiger partial charge in [-0.2, -0.15) is 0 Å². The Labute approximate surface area is 94.8 Å². The Balaban J connectivity index is 3.15. The molecular weight excluding hydrogens is 280 g/mol. The van der Waals surface area contributed by atoms with E-state index in [1.165, 1.54) is 0 Å². The fraction of sp³-hybridized carbons (Fsp3) is 0. The van der Waals surface area contributed by atoms with Crippen LogP contribution >= 0.6 is 60.6 Å². The molecule has 0 unspecified atom stereocenters. The molecule has 0 nitrogen and oxygen atoms in total. The second-order valence-corrected chi connectivity index (χ2v) is 15.8. The molecule has 0 aliphatic rings. The first-order valence-corrected chi connectivity index (χ1v) is 9.14. The van der Waals surface area contributed by atoms with Crippen molar-refractivity contribution < 1.29 is 0 Å². The number of benzene rings is 1. The van der Waals surface area contributed by atoms with Gasteiger partial charge in [0.2, 0.25) is 0 Å². The van der Waals surface area contributed by atoms with Gasteiger partial charge >= 0.3 is 95.2 Å². The van der Waals surface area contributed by atoms with Crippen LogP contribution in [0.25, 0.3) is 0 Å². The van der Waals surface area contributed by atoms with Crippen molar-refractivity contribution in [1.82, 2.24) is 0 Å². The molecule has 0 aliphatic carbocycles. The molecule has 0 fully saturated rings. The molecule has 0 N–H and O–H groups in total. The predicted octanol–water partition coefficient (Wildman–Crippen LogP) is 5.13. The van der Waals surface area contributed by atoms with E-state index in [1.807, 2.05) is 0 Å². The van der Waals surface area contributed by atoms with E-state index in [4.69, 9.17) is 56.6 Å². The van der Waals surface area contributed by atoms with E-state index in [0.717, 1.165) is 0 Å². The van der Waals surface area contributed by atoms with Gasteiger partial charge in [0.15, 0.2) is 0 Å². The van der Waals surface area contributed by atoms with E-state index in [0.29, 0.717) is 10.3 Å². The third kappa shape index (κ3) is 3.10. The van der Waals surface area contributed by atoms with Gasteiger partial charge in [-0.3, -0.25) is 0 Å². The Bertz CT molecular complexity index is 276. The van der Waals surface area contributed by atoms with Crippen LogP contribution in [0.1, 0.15) is 0 Å². The normalized spacial score (nSPS) is 15.2. The molecule has 0 radical (unpaired) electrons. The van der Waals surface area contributed by atoms with Gasteiger partial charge in [0, 0.05) is 0 Å². The van der Waals surface area contributed by atoms with E-state index in [2.05, 4.69) is 0 Å². The van der Waals surface area contributed by atoms with Crippen molar-refractivity contribution in [2.24, 2.45) is 0 Å². The van der Waals surface area contributed by atoms with Crippen molar-refractivity contribution in [2.45, 2.75) is 0 Å². The zero-order valence-corrected chi connectivity index (χ0v) is 10.3. The summed E-state index contributed by atoms with van der Waals surface area (Å²) in [6, 6.07) is 6.49. The summed E-state index contributed by atoms with van der Waals surface area (Å²) in [6.07, 6.45) is 0. The molecule has 1 aromatic rings. The van der Waals surface area contributed by atoms with Crippen LogP contribution in [0.5, 0.6) is 0 Å². The minimum absolute atomic E-state index is 0.497. The third-order valence-corrected chi connectivity index (χ3v) is 4.89. The van der Waals surface area contributed by atoms with E-state index < -0.39 is 4.01 Å². The second-order valence-electron chi connectivity index (χ2n) is 2.20. The summed E-state index contributed by atoms with van der Waals surface area (Å²) >= 11 is 28.6. The van der Waals surface area contributed by atoms with Crippen LogP contribution < -0.4 is 5.30 Å². The average molecular weight is 284 g/mol. The van der Waals surface area contributed by atoms with Gasteiger partial charge in [-0.1, -0.05) is 0 Å². The second kappa shape index (κ2) is 3.35. The van der Waals surface area contributed by atoms with Crippen LogP contribution in [0.4, 0.5) is 0 Å². The van der Waals surface area contributed by atoms with Gasteiger partial charge in [-0.05, 0) is 0 Å². The molecule has 1 rings (SSSR count). The topological polar surface area (TPSA) is 0 Å². The third-order valence-electron chi connectivity index (χ3n) is 1.22. The predicted molar refractivity (Wildman–Crippen MR) is 61.4 cm³/mol. The van der Waals surface area contributed by atoms with Crippen molar-refractivity contribution >= 4 is 65.9 Å². The van der Waals surface area contributed by atoms with Crippen LogP contribution in [-0.4, -0.2) is 0 Å². The van der Waals surface area contributed by atoms with Gasteiger partial charge in [0.05, 0.1) is 0 Å². The summed E-state index contributed by atoms with van der Waals surface area (Å²) in [5, 5.41) is 1.08. The van der Waals surface area contributed by atoms with Crippen molar-refractivity contribution in [3.05, 3.63) is 29.3 Å². The maximum absolute atomic E-state index is 5.75. The molecule has 0 heterocycles. The van der Waals surface area contributed by atoms with Crippen molar-refractivity contribution in [1.29, 1.82) is 0 Å². The first-order chi connectivity index (χ1) is 5.26. The Hall–Kier alpha value is 1.10. The molecule has 12 heavy (non-hydrogen) atoms. The summed E-state index contributed by atoms with van der Waals surface area (Å²) in [4.78, 5) is 0. The standard InChI is InChI=1S/C6H4Cl5P/c7-5-1-3-6(4-2-5)12(8,9,10)11/h1-4H. The first kappa shape index (κ1) is 11.2. The van der Waals surface area contributed by atoms with E-state index in [9.17, 15) is 0 Å². The van der Waals surface area contributed by atoms with Gasteiger partial charge in [-0.15, -0.1) is 0 Å².